The summed E-state index contributed by atoms with van der Waals surface area (Å²) < 4.78 is 30.8. The Balaban J connectivity index is 1.79. The molecular weight excluding hydrogens is 602 g/mol. The molecule has 2 aromatic carbocycles. The summed E-state index contributed by atoms with van der Waals surface area (Å²) >= 11 is 6.54. The number of alkyl halides is 2. The van der Waals surface area contributed by atoms with E-state index >= 15 is 8.78 Å². The van der Waals surface area contributed by atoms with Gasteiger partial charge in [0, 0.05) is 41.0 Å². The van der Waals surface area contributed by atoms with Crippen LogP contribution in [0.5, 0.6) is 0 Å². The summed E-state index contributed by atoms with van der Waals surface area (Å²) in [5.74, 6) is -3.97. The second-order valence-corrected chi connectivity index (χ2v) is 13.6. The highest BCUT2D eigenvalue weighted by atomic mass is 35.5. The van der Waals surface area contributed by atoms with Gasteiger partial charge in [0.15, 0.2) is 0 Å². The van der Waals surface area contributed by atoms with E-state index in [0.29, 0.717) is 48.4 Å². The van der Waals surface area contributed by atoms with Gasteiger partial charge in [0.05, 0.1) is 11.6 Å². The molecule has 1 heterocycles. The molecule has 0 radical (unpaired) electrons. The molecule has 1 fully saturated rings. The molecule has 2 aromatic rings. The third-order valence-corrected chi connectivity index (χ3v) is 10.7. The van der Waals surface area contributed by atoms with Gasteiger partial charge in [0.1, 0.15) is 0 Å². The Hall–Kier alpha value is -2.99. The minimum Gasteiger partial charge on any atom is -0.352 e. The van der Waals surface area contributed by atoms with E-state index in [1.807, 2.05) is 74.2 Å². The quantitative estimate of drug-likeness (QED) is 0.232. The predicted molar refractivity (Wildman–Crippen MR) is 185 cm³/mol. The first-order valence-corrected chi connectivity index (χ1v) is 17.5. The molecule has 1 aliphatic carbocycles. The van der Waals surface area contributed by atoms with Gasteiger partial charge in [-0.1, -0.05) is 81.6 Å². The SMILES string of the molecule is CC=C(C)CCNC(=O)c1ccc(C(CC)N2C(=O)C(c3cc(Cl)cc(CC)c3)=CC(CC)C23CCCC(C(F)(F)CC)C3)cc1. The number of nitrogens with one attached hydrogen (secondary N) is 1. The van der Waals surface area contributed by atoms with E-state index in [2.05, 4.69) is 25.2 Å². The van der Waals surface area contributed by atoms with Crippen LogP contribution in [-0.2, 0) is 11.2 Å². The van der Waals surface area contributed by atoms with Gasteiger partial charge >= 0.3 is 0 Å². The van der Waals surface area contributed by atoms with Crippen molar-refractivity contribution >= 4 is 29.0 Å². The Morgan fingerprint density at radius 1 is 1.15 bits per heavy atom. The highest BCUT2D eigenvalue weighted by Gasteiger charge is 2.56. The lowest BCUT2D eigenvalue weighted by atomic mass is 9.62. The van der Waals surface area contributed by atoms with E-state index in [1.165, 1.54) is 5.57 Å². The molecule has 1 saturated carbocycles. The lowest BCUT2D eigenvalue weighted by Gasteiger charge is -2.57. The number of carbonyl (C=O) groups is 2. The number of benzene rings is 2. The second kappa shape index (κ2) is 15.3. The molecule has 4 rings (SSSR count). The van der Waals surface area contributed by atoms with E-state index in [4.69, 9.17) is 11.6 Å². The minimum absolute atomic E-state index is 0.0977. The summed E-state index contributed by atoms with van der Waals surface area (Å²) in [6.45, 7) is 12.3. The second-order valence-electron chi connectivity index (χ2n) is 13.2. The van der Waals surface area contributed by atoms with Crippen molar-refractivity contribution in [2.45, 2.75) is 117 Å². The van der Waals surface area contributed by atoms with E-state index in [1.54, 1.807) is 6.92 Å². The molecule has 0 saturated heterocycles. The summed E-state index contributed by atoms with van der Waals surface area (Å²) in [7, 11) is 0. The van der Waals surface area contributed by atoms with Crippen LogP contribution in [0, 0.1) is 11.8 Å². The maximum absolute atomic E-state index is 15.4. The topological polar surface area (TPSA) is 49.4 Å². The highest BCUT2D eigenvalue weighted by molar-refractivity contribution is 6.31. The Morgan fingerprint density at radius 2 is 1.87 bits per heavy atom. The summed E-state index contributed by atoms with van der Waals surface area (Å²) in [5, 5.41) is 3.56. The van der Waals surface area contributed by atoms with Crippen LogP contribution in [0.4, 0.5) is 8.78 Å². The Kier molecular flexibility index (Phi) is 11.9. The van der Waals surface area contributed by atoms with Crippen molar-refractivity contribution in [2.75, 3.05) is 6.54 Å². The molecule has 2 amide bonds. The van der Waals surface area contributed by atoms with Crippen molar-refractivity contribution in [1.29, 1.82) is 0 Å². The molecular formula is C39H51ClF2N2O2. The maximum atomic E-state index is 15.4. The van der Waals surface area contributed by atoms with Crippen molar-refractivity contribution in [2.24, 2.45) is 11.8 Å². The summed E-state index contributed by atoms with van der Waals surface area (Å²) in [6.07, 6.45) is 8.83. The summed E-state index contributed by atoms with van der Waals surface area (Å²) in [6, 6.07) is 12.9. The summed E-state index contributed by atoms with van der Waals surface area (Å²) in [4.78, 5) is 29.8. The van der Waals surface area contributed by atoms with Crippen LogP contribution in [0.1, 0.15) is 126 Å². The van der Waals surface area contributed by atoms with Crippen molar-refractivity contribution in [3.05, 3.63) is 87.5 Å². The zero-order valence-electron chi connectivity index (χ0n) is 28.4. The molecule has 0 aromatic heterocycles. The molecule has 4 nitrogen and oxygen atoms in total. The number of nitrogens with zero attached hydrogens (tertiary/aromatic N) is 1. The van der Waals surface area contributed by atoms with Crippen molar-refractivity contribution in [3.63, 3.8) is 0 Å². The molecule has 7 heteroatoms. The van der Waals surface area contributed by atoms with Crippen LogP contribution < -0.4 is 5.32 Å². The third-order valence-electron chi connectivity index (χ3n) is 10.5. The number of allylic oxidation sites excluding steroid dienone is 1. The van der Waals surface area contributed by atoms with Gasteiger partial charge in [0.2, 0.25) is 0 Å². The minimum atomic E-state index is -2.80. The van der Waals surface area contributed by atoms with Crippen LogP contribution in [0.2, 0.25) is 5.02 Å². The lowest BCUT2D eigenvalue weighted by molar-refractivity contribution is -0.152. The van der Waals surface area contributed by atoms with E-state index in [-0.39, 0.29) is 36.6 Å². The third kappa shape index (κ3) is 7.43. The number of amides is 2. The zero-order chi connectivity index (χ0) is 33.6. The van der Waals surface area contributed by atoms with Crippen LogP contribution in [0.3, 0.4) is 0 Å². The molecule has 1 spiro atoms. The maximum Gasteiger partial charge on any atom is 0.255 e. The van der Waals surface area contributed by atoms with E-state index in [9.17, 15) is 9.59 Å². The average Bonchev–Trinajstić information content (AvgIpc) is 3.06. The fourth-order valence-corrected chi connectivity index (χ4v) is 7.91. The van der Waals surface area contributed by atoms with Gasteiger partial charge < -0.3 is 10.2 Å². The first-order chi connectivity index (χ1) is 21.9. The molecule has 2 aliphatic rings. The van der Waals surface area contributed by atoms with Gasteiger partial charge in [-0.05, 0) is 99.7 Å². The molecule has 1 N–H and O–H groups in total. The fraction of sp³-hybridized carbons (Fsp3) is 0.538. The number of rotatable bonds is 12. The Bertz CT molecular complexity index is 1450. The molecule has 4 unspecified atom stereocenters. The number of hydrogen-bond acceptors (Lipinski definition) is 2. The van der Waals surface area contributed by atoms with Crippen LogP contribution >= 0.6 is 11.6 Å². The van der Waals surface area contributed by atoms with Crippen LogP contribution in [0.25, 0.3) is 5.57 Å². The van der Waals surface area contributed by atoms with Crippen molar-refractivity contribution in [1.82, 2.24) is 10.2 Å². The first kappa shape index (κ1) is 35.9. The smallest absolute Gasteiger partial charge is 0.255 e. The van der Waals surface area contributed by atoms with Crippen LogP contribution in [-0.4, -0.2) is 34.7 Å². The van der Waals surface area contributed by atoms with Gasteiger partial charge in [-0.2, -0.15) is 0 Å². The van der Waals surface area contributed by atoms with Gasteiger partial charge in [-0.3, -0.25) is 9.59 Å². The van der Waals surface area contributed by atoms with Gasteiger partial charge in [-0.15, -0.1) is 0 Å². The Labute approximate surface area is 279 Å². The molecule has 46 heavy (non-hydrogen) atoms. The van der Waals surface area contributed by atoms with Crippen molar-refractivity contribution < 1.29 is 18.4 Å². The normalized spacial score (nSPS) is 23.0. The van der Waals surface area contributed by atoms with Gasteiger partial charge in [0.25, 0.3) is 17.7 Å². The fourth-order valence-electron chi connectivity index (χ4n) is 7.65. The number of aryl methyl sites for hydroxylation is 1. The lowest BCUT2D eigenvalue weighted by Crippen LogP contribution is -2.62. The number of hydrogen-bond donors (Lipinski definition) is 1. The molecule has 0 bridgehead atoms. The van der Waals surface area contributed by atoms with Crippen LogP contribution in [0.15, 0.2) is 60.2 Å². The molecule has 250 valence electrons. The number of halogens is 3. The standard InChI is InChI=1S/C39H51ClF2N2O2/c1-7-26(6)18-20-43-36(45)29-16-14-28(15-17-29)35(10-4)44-37(46)34(30-21-27(8-2)22-33(40)23-30)24-31(9-3)38(44)19-12-13-32(25-38)39(41,42)11-5/h7,14-17,21-24,31-32,35H,8-13,18-20,25H2,1-6H3,(H,43,45). The highest BCUT2D eigenvalue weighted by Crippen LogP contribution is 2.54. The van der Waals surface area contributed by atoms with Crippen molar-refractivity contribution in [3.8, 4) is 0 Å². The predicted octanol–water partition coefficient (Wildman–Crippen LogP) is 10.4. The first-order valence-electron chi connectivity index (χ1n) is 17.2. The Morgan fingerprint density at radius 3 is 2.48 bits per heavy atom. The van der Waals surface area contributed by atoms with E-state index in [0.717, 1.165) is 36.0 Å². The number of carbonyl (C=O) groups excluding carboxylic acids is 2. The zero-order valence-corrected chi connectivity index (χ0v) is 29.2. The summed E-state index contributed by atoms with van der Waals surface area (Å²) in [5.41, 5.74) is 4.32. The average molecular weight is 653 g/mol. The molecule has 1 aliphatic heterocycles. The van der Waals surface area contributed by atoms with E-state index < -0.39 is 17.4 Å². The largest absolute Gasteiger partial charge is 0.352 e. The van der Waals surface area contributed by atoms with Gasteiger partial charge in [-0.25, -0.2) is 8.78 Å². The monoisotopic (exact) mass is 652 g/mol. The molecule has 4 atom stereocenters.